The average molecular weight is 318 g/mol. The van der Waals surface area contributed by atoms with Crippen LogP contribution in [0.3, 0.4) is 0 Å². The molecule has 1 heterocycles. The summed E-state index contributed by atoms with van der Waals surface area (Å²) in [6.45, 7) is 5.35. The maximum absolute atomic E-state index is 11.2. The first-order valence-electron chi connectivity index (χ1n) is 4.77. The largest absolute Gasteiger partial charge is 0.542 e. The number of amides is 2. The van der Waals surface area contributed by atoms with Crippen LogP contribution >= 0.6 is 9.24 Å². The second-order valence-electron chi connectivity index (χ2n) is 3.17. The molecule has 0 spiro atoms. The Morgan fingerprint density at radius 2 is 2.06 bits per heavy atom. The topological polar surface area (TPSA) is 54.5 Å². The van der Waals surface area contributed by atoms with Crippen LogP contribution < -0.4 is 0 Å². The zero-order valence-corrected chi connectivity index (χ0v) is 13.4. The minimum Gasteiger partial charge on any atom is -0.542 e. The summed E-state index contributed by atoms with van der Waals surface area (Å²) >= 11 is 0. The van der Waals surface area contributed by atoms with Crippen LogP contribution in [0.25, 0.3) is 0 Å². The second kappa shape index (κ2) is 10.5. The van der Waals surface area contributed by atoms with Gasteiger partial charge in [0.1, 0.15) is 0 Å². The van der Waals surface area contributed by atoms with Crippen LogP contribution in [0.2, 0.25) is 0 Å². The molecule has 0 bridgehead atoms. The molecule has 2 amide bonds. The Kier molecular flexibility index (Phi) is 12.3. The maximum Gasteiger partial charge on any atom is 0.232 e. The first kappa shape index (κ1) is 18.7. The van der Waals surface area contributed by atoms with Crippen molar-refractivity contribution in [1.82, 2.24) is 4.90 Å². The van der Waals surface area contributed by atoms with Gasteiger partial charge in [0.15, 0.2) is 0 Å². The molecule has 4 nitrogen and oxygen atoms in total. The standard InChI is InChI=1S/C8H10NO3.C2H6P.Y/c1-6-5-7(11)9(8(6)12)3-2-4-10;1-2-3;/h6H,2-3,5H2,1H3;1-3H2;/q2*-1;. The van der Waals surface area contributed by atoms with Crippen molar-refractivity contribution < 1.29 is 47.1 Å². The number of nitrogens with zero attached hydrogens (tertiary/aromatic N) is 1. The van der Waals surface area contributed by atoms with Crippen molar-refractivity contribution in [3.63, 3.8) is 0 Å². The molecule has 89 valence electrons. The van der Waals surface area contributed by atoms with Crippen LogP contribution in [0, 0.1) is 12.8 Å². The van der Waals surface area contributed by atoms with Crippen LogP contribution in [0.4, 0.5) is 0 Å². The summed E-state index contributed by atoms with van der Waals surface area (Å²) in [6, 6.07) is 0. The van der Waals surface area contributed by atoms with Crippen molar-refractivity contribution in [3.05, 3.63) is 6.92 Å². The molecule has 0 aromatic rings. The van der Waals surface area contributed by atoms with E-state index in [0.717, 1.165) is 11.1 Å². The summed E-state index contributed by atoms with van der Waals surface area (Å²) in [4.78, 5) is 33.3. The molecule has 2 unspecified atom stereocenters. The van der Waals surface area contributed by atoms with Crippen molar-refractivity contribution in [2.75, 3.05) is 12.7 Å². The van der Waals surface area contributed by atoms with E-state index in [9.17, 15) is 14.4 Å². The molecule has 1 saturated heterocycles. The van der Waals surface area contributed by atoms with E-state index in [4.69, 9.17) is 0 Å². The third-order valence-electron chi connectivity index (χ3n) is 1.91. The fraction of sp³-hybridized carbons (Fsp3) is 0.600. The molecule has 1 fully saturated rings. The molecular formula is C10H16NO3PY-2. The summed E-state index contributed by atoms with van der Waals surface area (Å²) < 4.78 is 0. The van der Waals surface area contributed by atoms with Gasteiger partial charge >= 0.3 is 0 Å². The number of likely N-dealkylation sites (tertiary alicyclic amines) is 1. The monoisotopic (exact) mass is 318 g/mol. The predicted molar refractivity (Wildman–Crippen MR) is 60.7 cm³/mol. The van der Waals surface area contributed by atoms with E-state index in [1.807, 2.05) is 0 Å². The maximum atomic E-state index is 11.2. The number of carbonyl (C=O) groups is 2. The third-order valence-corrected chi connectivity index (χ3v) is 1.91. The first-order valence-corrected chi connectivity index (χ1v) is 5.58. The average Bonchev–Trinajstić information content (AvgIpc) is 2.41. The van der Waals surface area contributed by atoms with Gasteiger partial charge in [-0.1, -0.05) is 6.92 Å². The Morgan fingerprint density at radius 3 is 2.38 bits per heavy atom. The molecule has 0 aliphatic carbocycles. The Bertz CT molecular complexity index is 248. The van der Waals surface area contributed by atoms with Crippen LogP contribution in [0.15, 0.2) is 0 Å². The minimum absolute atomic E-state index is 0. The Morgan fingerprint density at radius 1 is 1.56 bits per heavy atom. The van der Waals surface area contributed by atoms with Crippen LogP contribution in [0.5, 0.6) is 0 Å². The number of hydrogen-bond donors (Lipinski definition) is 0. The smallest absolute Gasteiger partial charge is 0.232 e. The van der Waals surface area contributed by atoms with Gasteiger partial charge in [-0.3, -0.25) is 20.8 Å². The van der Waals surface area contributed by atoms with Crippen molar-refractivity contribution in [2.45, 2.75) is 19.8 Å². The van der Waals surface area contributed by atoms with Gasteiger partial charge in [-0.05, 0) is 0 Å². The number of rotatable bonds is 3. The van der Waals surface area contributed by atoms with E-state index in [1.54, 1.807) is 13.2 Å². The van der Waals surface area contributed by atoms with Crippen LogP contribution in [0.1, 0.15) is 19.8 Å². The third kappa shape index (κ3) is 6.17. The molecule has 0 aromatic heterocycles. The van der Waals surface area contributed by atoms with Crippen LogP contribution in [-0.2, 0) is 47.1 Å². The summed E-state index contributed by atoms with van der Waals surface area (Å²) in [7, 11) is 2.47. The fourth-order valence-corrected chi connectivity index (χ4v) is 1.24. The van der Waals surface area contributed by atoms with Gasteiger partial charge in [0.05, 0.1) is 0 Å². The molecule has 0 N–H and O–H groups in total. The molecule has 2 atom stereocenters. The van der Waals surface area contributed by atoms with Gasteiger partial charge in [-0.15, -0.1) is 6.42 Å². The molecule has 1 radical (unpaired) electrons. The minimum atomic E-state index is -0.218. The van der Waals surface area contributed by atoms with E-state index >= 15 is 0 Å². The van der Waals surface area contributed by atoms with Gasteiger partial charge in [-0.25, -0.2) is 0 Å². The van der Waals surface area contributed by atoms with Crippen molar-refractivity contribution in [2.24, 2.45) is 5.92 Å². The Hall–Kier alpha value is 0.344. The van der Waals surface area contributed by atoms with Gasteiger partial charge in [-0.2, -0.15) is 15.4 Å². The van der Waals surface area contributed by atoms with E-state index in [0.29, 0.717) is 0 Å². The van der Waals surface area contributed by atoms with Crippen molar-refractivity contribution in [3.8, 4) is 0 Å². The van der Waals surface area contributed by atoms with Gasteiger partial charge in [0.25, 0.3) is 0 Å². The summed E-state index contributed by atoms with van der Waals surface area (Å²) in [5, 5.41) is 0. The van der Waals surface area contributed by atoms with Gasteiger partial charge in [0.2, 0.25) is 11.8 Å². The predicted octanol–water partition coefficient (Wildman–Crippen LogP) is 0.574. The normalized spacial score (nSPS) is 18.7. The van der Waals surface area contributed by atoms with E-state index in [1.165, 1.54) is 0 Å². The molecule has 0 aromatic carbocycles. The molecule has 0 saturated carbocycles. The SMILES string of the molecule is CC1CC(=O)N(CC[C-]=O)C1=O.[CH2-]CP.[Y]. The van der Waals surface area contributed by atoms with E-state index < -0.39 is 0 Å². The van der Waals surface area contributed by atoms with Crippen molar-refractivity contribution >= 4 is 27.3 Å². The molecule has 1 rings (SSSR count). The van der Waals surface area contributed by atoms with Gasteiger partial charge < -0.3 is 11.7 Å². The number of carbonyl (C=O) groups excluding carboxylic acids is 3. The molecular weight excluding hydrogens is 302 g/mol. The van der Waals surface area contributed by atoms with E-state index in [2.05, 4.69) is 16.2 Å². The zero-order chi connectivity index (χ0) is 11.8. The molecule has 1 aliphatic rings. The van der Waals surface area contributed by atoms with Gasteiger partial charge in [0, 0.05) is 51.6 Å². The van der Waals surface area contributed by atoms with Crippen LogP contribution in [-0.4, -0.2) is 35.7 Å². The second-order valence-corrected chi connectivity index (χ2v) is 3.75. The first-order chi connectivity index (χ1) is 7.08. The number of hydrogen-bond acceptors (Lipinski definition) is 3. The quantitative estimate of drug-likeness (QED) is 0.434. The fourth-order valence-electron chi connectivity index (χ4n) is 1.24. The molecule has 1 aliphatic heterocycles. The zero-order valence-electron chi connectivity index (χ0n) is 9.44. The Balaban J connectivity index is 0. The van der Waals surface area contributed by atoms with E-state index in [-0.39, 0.29) is 69.8 Å². The molecule has 16 heavy (non-hydrogen) atoms. The van der Waals surface area contributed by atoms with Crippen molar-refractivity contribution in [1.29, 1.82) is 0 Å². The summed E-state index contributed by atoms with van der Waals surface area (Å²) in [5.41, 5.74) is 0. The number of imide groups is 1. The Labute approximate surface area is 124 Å². The summed E-state index contributed by atoms with van der Waals surface area (Å²) in [5.74, 6) is -0.567. The molecule has 6 heteroatoms. The summed E-state index contributed by atoms with van der Waals surface area (Å²) in [6.07, 6.45) is 2.96.